The van der Waals surface area contributed by atoms with Crippen molar-refractivity contribution in [3.8, 4) is 0 Å². The van der Waals surface area contributed by atoms with Gasteiger partial charge in [0, 0.05) is 12.2 Å². The quantitative estimate of drug-likeness (QED) is 0.786. The molecular weight excluding hydrogens is 232 g/mol. The Bertz CT molecular complexity index is 418. The van der Waals surface area contributed by atoms with Crippen molar-refractivity contribution in [2.75, 3.05) is 18.5 Å². The molecule has 5 heteroatoms. The molecule has 0 aliphatic rings. The summed E-state index contributed by atoms with van der Waals surface area (Å²) in [6, 6.07) is 7.15. The Balaban J connectivity index is 2.28. The zero-order chi connectivity index (χ0) is 13.4. The summed E-state index contributed by atoms with van der Waals surface area (Å²) in [5.41, 5.74) is 1.79. The smallest absolute Gasteiger partial charge is 0.319 e. The van der Waals surface area contributed by atoms with Gasteiger partial charge in [0.15, 0.2) is 0 Å². The third-order valence-electron chi connectivity index (χ3n) is 2.20. The molecule has 2 N–H and O–H groups in total. The molecule has 98 valence electrons. The van der Waals surface area contributed by atoms with Gasteiger partial charge in [-0.1, -0.05) is 12.1 Å². The highest BCUT2D eigenvalue weighted by atomic mass is 16.5. The summed E-state index contributed by atoms with van der Waals surface area (Å²) in [6.45, 7) is 4.31. The number of ether oxygens (including phenoxy) is 1. The van der Waals surface area contributed by atoms with Crippen molar-refractivity contribution in [1.29, 1.82) is 0 Å². The van der Waals surface area contributed by atoms with Gasteiger partial charge in [-0.2, -0.15) is 0 Å². The predicted octanol–water partition coefficient (Wildman–Crippen LogP) is 2.07. The number of esters is 1. The van der Waals surface area contributed by atoms with Crippen molar-refractivity contribution >= 4 is 17.7 Å². The molecule has 0 aliphatic heterocycles. The van der Waals surface area contributed by atoms with Gasteiger partial charge in [0.1, 0.15) is 0 Å². The second kappa shape index (κ2) is 7.32. The van der Waals surface area contributed by atoms with E-state index in [4.69, 9.17) is 4.74 Å². The normalized spacial score (nSPS) is 9.67. The molecule has 1 aromatic carbocycles. The van der Waals surface area contributed by atoms with Crippen LogP contribution in [0.3, 0.4) is 0 Å². The first-order valence-electron chi connectivity index (χ1n) is 5.89. The van der Waals surface area contributed by atoms with Gasteiger partial charge < -0.3 is 15.4 Å². The average Bonchev–Trinajstić information content (AvgIpc) is 2.29. The van der Waals surface area contributed by atoms with Crippen molar-refractivity contribution in [3.63, 3.8) is 0 Å². The van der Waals surface area contributed by atoms with Gasteiger partial charge in [-0.05, 0) is 31.5 Å². The van der Waals surface area contributed by atoms with Crippen LogP contribution in [0.4, 0.5) is 10.5 Å². The largest absolute Gasteiger partial charge is 0.466 e. The zero-order valence-electron chi connectivity index (χ0n) is 10.7. The number of aryl methyl sites for hydroxylation is 1. The van der Waals surface area contributed by atoms with E-state index in [0.717, 1.165) is 11.3 Å². The first-order chi connectivity index (χ1) is 8.61. The Labute approximate surface area is 107 Å². The standard InChI is InChI=1S/C13H18N2O3/c1-3-18-12(16)7-8-14-13(17)15-11-6-4-5-10(2)9-11/h4-6,9H,3,7-8H2,1-2H3,(H2,14,15,17). The Morgan fingerprint density at radius 3 is 2.78 bits per heavy atom. The molecule has 0 heterocycles. The van der Waals surface area contributed by atoms with Crippen LogP contribution in [0.1, 0.15) is 18.9 Å². The summed E-state index contributed by atoms with van der Waals surface area (Å²) in [5.74, 6) is -0.312. The van der Waals surface area contributed by atoms with Crippen LogP contribution in [0.5, 0.6) is 0 Å². The minimum Gasteiger partial charge on any atom is -0.466 e. The third-order valence-corrected chi connectivity index (χ3v) is 2.20. The number of rotatable bonds is 5. The van der Waals surface area contributed by atoms with Crippen LogP contribution in [-0.4, -0.2) is 25.2 Å². The number of urea groups is 1. The molecule has 0 aliphatic carbocycles. The van der Waals surface area contributed by atoms with E-state index in [1.54, 1.807) is 13.0 Å². The Hall–Kier alpha value is -2.04. The Morgan fingerprint density at radius 2 is 2.11 bits per heavy atom. The molecule has 1 rings (SSSR count). The van der Waals surface area contributed by atoms with Crippen molar-refractivity contribution in [3.05, 3.63) is 29.8 Å². The molecule has 0 unspecified atom stereocenters. The lowest BCUT2D eigenvalue weighted by atomic mass is 10.2. The molecule has 0 radical (unpaired) electrons. The van der Waals surface area contributed by atoms with Crippen molar-refractivity contribution < 1.29 is 14.3 Å². The monoisotopic (exact) mass is 250 g/mol. The van der Waals surface area contributed by atoms with E-state index in [-0.39, 0.29) is 25.0 Å². The molecule has 0 saturated carbocycles. The first-order valence-corrected chi connectivity index (χ1v) is 5.89. The molecule has 0 bridgehead atoms. The van der Waals surface area contributed by atoms with Gasteiger partial charge >= 0.3 is 12.0 Å². The predicted molar refractivity (Wildman–Crippen MR) is 69.5 cm³/mol. The van der Waals surface area contributed by atoms with E-state index < -0.39 is 0 Å². The maximum Gasteiger partial charge on any atom is 0.319 e. The Kier molecular flexibility index (Phi) is 5.70. The Morgan fingerprint density at radius 1 is 1.33 bits per heavy atom. The number of carbonyl (C=O) groups is 2. The fourth-order valence-electron chi connectivity index (χ4n) is 1.41. The summed E-state index contributed by atoms with van der Waals surface area (Å²) >= 11 is 0. The van der Waals surface area contributed by atoms with Crippen LogP contribution in [0.2, 0.25) is 0 Å². The van der Waals surface area contributed by atoms with Gasteiger partial charge in [0.2, 0.25) is 0 Å². The lowest BCUT2D eigenvalue weighted by molar-refractivity contribution is -0.142. The maximum atomic E-state index is 11.5. The number of nitrogens with one attached hydrogen (secondary N) is 2. The summed E-state index contributed by atoms with van der Waals surface area (Å²) in [5, 5.41) is 5.28. The summed E-state index contributed by atoms with van der Waals surface area (Å²) in [4.78, 5) is 22.5. The topological polar surface area (TPSA) is 67.4 Å². The van der Waals surface area contributed by atoms with Crippen LogP contribution in [0.15, 0.2) is 24.3 Å². The van der Waals surface area contributed by atoms with E-state index >= 15 is 0 Å². The molecule has 18 heavy (non-hydrogen) atoms. The number of anilines is 1. The number of hydrogen-bond acceptors (Lipinski definition) is 3. The highest BCUT2D eigenvalue weighted by molar-refractivity contribution is 5.89. The number of carbonyl (C=O) groups excluding carboxylic acids is 2. The number of benzene rings is 1. The lowest BCUT2D eigenvalue weighted by Gasteiger charge is -2.07. The lowest BCUT2D eigenvalue weighted by Crippen LogP contribution is -2.30. The maximum absolute atomic E-state index is 11.5. The van der Waals surface area contributed by atoms with Crippen LogP contribution in [-0.2, 0) is 9.53 Å². The molecule has 0 saturated heterocycles. The molecule has 5 nitrogen and oxygen atoms in total. The first kappa shape index (κ1) is 14.0. The van der Waals surface area contributed by atoms with Crippen LogP contribution in [0, 0.1) is 6.92 Å². The zero-order valence-corrected chi connectivity index (χ0v) is 10.7. The van der Waals surface area contributed by atoms with Crippen LogP contribution < -0.4 is 10.6 Å². The summed E-state index contributed by atoms with van der Waals surface area (Å²) < 4.78 is 4.75. The fourth-order valence-corrected chi connectivity index (χ4v) is 1.41. The van der Waals surface area contributed by atoms with Gasteiger partial charge in [-0.3, -0.25) is 4.79 Å². The SMILES string of the molecule is CCOC(=O)CCNC(=O)Nc1cccc(C)c1. The summed E-state index contributed by atoms with van der Waals surface area (Å²) in [6.07, 6.45) is 0.176. The molecular formula is C13H18N2O3. The van der Waals surface area contributed by atoms with Gasteiger partial charge in [-0.15, -0.1) is 0 Å². The minimum atomic E-state index is -0.329. The van der Waals surface area contributed by atoms with Gasteiger partial charge in [0.05, 0.1) is 13.0 Å². The number of amides is 2. The van der Waals surface area contributed by atoms with Gasteiger partial charge in [0.25, 0.3) is 0 Å². The fraction of sp³-hybridized carbons (Fsp3) is 0.385. The molecule has 1 aromatic rings. The highest BCUT2D eigenvalue weighted by Gasteiger charge is 2.04. The van der Waals surface area contributed by atoms with E-state index in [2.05, 4.69) is 10.6 Å². The van der Waals surface area contributed by atoms with Crippen molar-refractivity contribution in [1.82, 2.24) is 5.32 Å². The van der Waals surface area contributed by atoms with Crippen molar-refractivity contribution in [2.24, 2.45) is 0 Å². The second-order valence-electron chi connectivity index (χ2n) is 3.81. The van der Waals surface area contributed by atoms with E-state index in [9.17, 15) is 9.59 Å². The molecule has 0 aromatic heterocycles. The van der Waals surface area contributed by atoms with E-state index in [0.29, 0.717) is 6.61 Å². The third kappa shape index (κ3) is 5.34. The minimum absolute atomic E-state index is 0.176. The molecule has 0 spiro atoms. The van der Waals surface area contributed by atoms with Gasteiger partial charge in [-0.25, -0.2) is 4.79 Å². The van der Waals surface area contributed by atoms with Crippen LogP contribution in [0.25, 0.3) is 0 Å². The number of hydrogen-bond donors (Lipinski definition) is 2. The van der Waals surface area contributed by atoms with Crippen LogP contribution >= 0.6 is 0 Å². The molecule has 0 atom stereocenters. The molecule has 0 fully saturated rings. The van der Waals surface area contributed by atoms with Crippen molar-refractivity contribution in [2.45, 2.75) is 20.3 Å². The second-order valence-corrected chi connectivity index (χ2v) is 3.81. The highest BCUT2D eigenvalue weighted by Crippen LogP contribution is 2.08. The summed E-state index contributed by atoms with van der Waals surface area (Å²) in [7, 11) is 0. The van der Waals surface area contributed by atoms with E-state index in [1.165, 1.54) is 0 Å². The van der Waals surface area contributed by atoms with E-state index in [1.807, 2.05) is 25.1 Å². The molecule has 2 amide bonds. The average molecular weight is 250 g/mol.